The average Bonchev–Trinajstić information content (AvgIpc) is 3.40. The van der Waals surface area contributed by atoms with E-state index in [9.17, 15) is 0 Å². The number of hydrogen-bond donors (Lipinski definition) is 0. The molecule has 0 radical (unpaired) electrons. The lowest BCUT2D eigenvalue weighted by Gasteiger charge is -2.28. The summed E-state index contributed by atoms with van der Waals surface area (Å²) in [6.07, 6.45) is 4.64. The van der Waals surface area contributed by atoms with Crippen LogP contribution in [0, 0.1) is 0 Å². The Balaban J connectivity index is 1.33. The molecular weight excluding hydrogens is 384 g/mol. The monoisotopic (exact) mass is 398 g/mol. The number of ether oxygens (including phenoxy) is 1. The number of allylic oxidation sites excluding steroid dienone is 2. The third kappa shape index (κ3) is 1.89. The van der Waals surface area contributed by atoms with Gasteiger partial charge in [0.1, 0.15) is 11.7 Å². The molecule has 124 valence electrons. The van der Waals surface area contributed by atoms with Crippen molar-refractivity contribution in [3.8, 4) is 11.1 Å². The first-order chi connectivity index (χ1) is 12.8. The fourth-order valence-corrected chi connectivity index (χ4v) is 4.56. The summed E-state index contributed by atoms with van der Waals surface area (Å²) < 4.78 is 7.35. The van der Waals surface area contributed by atoms with Gasteiger partial charge in [0.25, 0.3) is 0 Å². The highest BCUT2D eigenvalue weighted by Gasteiger charge is 2.61. The lowest BCUT2D eigenvalue weighted by Crippen LogP contribution is -2.20. The summed E-state index contributed by atoms with van der Waals surface area (Å²) in [4.78, 5) is 0. The van der Waals surface area contributed by atoms with Gasteiger partial charge in [-0.15, -0.1) is 0 Å². The lowest BCUT2D eigenvalue weighted by atomic mass is 9.72. The molecule has 26 heavy (non-hydrogen) atoms. The van der Waals surface area contributed by atoms with Crippen LogP contribution >= 0.6 is 15.9 Å². The van der Waals surface area contributed by atoms with Gasteiger partial charge in [0.05, 0.1) is 0 Å². The maximum absolute atomic E-state index is 6.25. The van der Waals surface area contributed by atoms with Crippen molar-refractivity contribution in [2.75, 3.05) is 0 Å². The number of hydrogen-bond acceptors (Lipinski definition) is 1. The zero-order valence-corrected chi connectivity index (χ0v) is 15.5. The molecule has 0 aromatic heterocycles. The van der Waals surface area contributed by atoms with E-state index in [4.69, 9.17) is 4.74 Å². The van der Waals surface area contributed by atoms with Crippen LogP contribution in [0.25, 0.3) is 22.3 Å². The summed E-state index contributed by atoms with van der Waals surface area (Å²) in [5.41, 5.74) is 8.84. The maximum Gasteiger partial charge on any atom is 0.143 e. The quantitative estimate of drug-likeness (QED) is 0.467. The second-order valence-electron chi connectivity index (χ2n) is 7.08. The van der Waals surface area contributed by atoms with Crippen molar-refractivity contribution < 1.29 is 4.74 Å². The summed E-state index contributed by atoms with van der Waals surface area (Å²) in [5.74, 6) is 0. The second kappa shape index (κ2) is 5.06. The Morgan fingerprint density at radius 1 is 0.769 bits per heavy atom. The minimum atomic E-state index is -0.273. The Bertz CT molecular complexity index is 1110. The van der Waals surface area contributed by atoms with Crippen LogP contribution in [-0.4, -0.2) is 6.10 Å². The van der Waals surface area contributed by atoms with Crippen molar-refractivity contribution in [2.45, 2.75) is 11.7 Å². The molecule has 2 heteroatoms. The summed E-state index contributed by atoms with van der Waals surface area (Å²) in [6, 6.07) is 25.8. The molecule has 0 N–H and O–H groups in total. The van der Waals surface area contributed by atoms with Crippen LogP contribution in [0.3, 0.4) is 0 Å². The van der Waals surface area contributed by atoms with E-state index in [1.807, 2.05) is 0 Å². The van der Waals surface area contributed by atoms with Gasteiger partial charge in [-0.2, -0.15) is 0 Å². The molecule has 0 bridgehead atoms. The van der Waals surface area contributed by atoms with E-state index in [0.717, 1.165) is 4.47 Å². The van der Waals surface area contributed by atoms with Crippen LogP contribution in [0.5, 0.6) is 0 Å². The lowest BCUT2D eigenvalue weighted by molar-refractivity contribution is 0.347. The van der Waals surface area contributed by atoms with E-state index in [-0.39, 0.29) is 11.7 Å². The predicted octanol–water partition coefficient (Wildman–Crippen LogP) is 6.20. The summed E-state index contributed by atoms with van der Waals surface area (Å²) in [7, 11) is 0. The van der Waals surface area contributed by atoms with Crippen LogP contribution in [0.2, 0.25) is 0 Å². The van der Waals surface area contributed by atoms with Crippen molar-refractivity contribution in [3.05, 3.63) is 106 Å². The fourth-order valence-electron chi connectivity index (χ4n) is 4.29. The minimum absolute atomic E-state index is 0.163. The molecule has 1 heterocycles. The van der Waals surface area contributed by atoms with Gasteiger partial charge in [-0.1, -0.05) is 82.7 Å². The molecular formula is C24H15BrO. The highest BCUT2D eigenvalue weighted by molar-refractivity contribution is 9.10. The Labute approximate surface area is 160 Å². The van der Waals surface area contributed by atoms with Crippen LogP contribution in [0.4, 0.5) is 0 Å². The van der Waals surface area contributed by atoms with Crippen molar-refractivity contribution in [2.24, 2.45) is 0 Å². The SMILES string of the molecule is Brc1ccc(-c2ccc(C34C=CC5=C(c6ccccc65)C3O4)cc2)cc1. The minimum Gasteiger partial charge on any atom is -0.351 e. The first kappa shape index (κ1) is 14.7. The van der Waals surface area contributed by atoms with Crippen molar-refractivity contribution in [1.29, 1.82) is 0 Å². The van der Waals surface area contributed by atoms with Crippen LogP contribution in [0.15, 0.2) is 89.4 Å². The zero-order chi connectivity index (χ0) is 17.3. The molecule has 6 rings (SSSR count). The van der Waals surface area contributed by atoms with Crippen molar-refractivity contribution in [3.63, 3.8) is 0 Å². The predicted molar refractivity (Wildman–Crippen MR) is 109 cm³/mol. The highest BCUT2D eigenvalue weighted by atomic mass is 79.9. The molecule has 0 amide bonds. The normalized spacial score (nSPS) is 24.4. The third-order valence-electron chi connectivity index (χ3n) is 5.72. The van der Waals surface area contributed by atoms with Crippen LogP contribution in [0.1, 0.15) is 16.7 Å². The summed E-state index contributed by atoms with van der Waals surface area (Å²) in [6.45, 7) is 0. The molecule has 2 atom stereocenters. The van der Waals surface area contributed by atoms with E-state index in [2.05, 4.69) is 101 Å². The van der Waals surface area contributed by atoms with E-state index < -0.39 is 0 Å². The van der Waals surface area contributed by atoms with Gasteiger partial charge in [0, 0.05) is 10.0 Å². The molecule has 3 aromatic rings. The van der Waals surface area contributed by atoms with Gasteiger partial charge in [0.2, 0.25) is 0 Å². The second-order valence-corrected chi connectivity index (χ2v) is 8.00. The van der Waals surface area contributed by atoms with Crippen molar-refractivity contribution >= 4 is 27.1 Å². The molecule has 0 saturated carbocycles. The molecule has 3 aliphatic rings. The largest absolute Gasteiger partial charge is 0.351 e. The molecule has 1 saturated heterocycles. The molecule has 2 unspecified atom stereocenters. The van der Waals surface area contributed by atoms with Gasteiger partial charge in [-0.3, -0.25) is 0 Å². The number of epoxide rings is 1. The molecule has 1 nitrogen and oxygen atoms in total. The molecule has 0 spiro atoms. The van der Waals surface area contributed by atoms with E-state index in [1.54, 1.807) is 0 Å². The van der Waals surface area contributed by atoms with Gasteiger partial charge < -0.3 is 4.74 Å². The van der Waals surface area contributed by atoms with Crippen molar-refractivity contribution in [1.82, 2.24) is 0 Å². The average molecular weight is 399 g/mol. The summed E-state index contributed by atoms with van der Waals surface area (Å²) >= 11 is 3.49. The zero-order valence-electron chi connectivity index (χ0n) is 13.9. The van der Waals surface area contributed by atoms with Gasteiger partial charge in [0.15, 0.2) is 0 Å². The Morgan fingerprint density at radius 3 is 2.15 bits per heavy atom. The third-order valence-corrected chi connectivity index (χ3v) is 6.24. The Kier molecular flexibility index (Phi) is 2.87. The number of fused-ring (bicyclic) bond motifs is 5. The van der Waals surface area contributed by atoms with E-state index in [1.165, 1.54) is 39.0 Å². The van der Waals surface area contributed by atoms with Crippen LogP contribution < -0.4 is 0 Å². The smallest absolute Gasteiger partial charge is 0.143 e. The van der Waals surface area contributed by atoms with Gasteiger partial charge in [-0.05, 0) is 51.6 Å². The maximum atomic E-state index is 6.25. The number of benzene rings is 3. The van der Waals surface area contributed by atoms with Gasteiger partial charge >= 0.3 is 0 Å². The topological polar surface area (TPSA) is 12.5 Å². The van der Waals surface area contributed by atoms with E-state index >= 15 is 0 Å². The highest BCUT2D eigenvalue weighted by Crippen LogP contribution is 2.62. The molecule has 2 aliphatic carbocycles. The Morgan fingerprint density at radius 2 is 1.42 bits per heavy atom. The fraction of sp³-hybridized carbons (Fsp3) is 0.0833. The first-order valence-corrected chi connectivity index (χ1v) is 9.63. The molecule has 1 aliphatic heterocycles. The first-order valence-electron chi connectivity index (χ1n) is 8.84. The standard InChI is InChI=1S/C24H15BrO/c25-18-11-7-16(8-12-18)15-5-9-17(10-6-15)24-14-13-21-19-3-1-2-4-20(19)22(21)23(24)26-24/h1-14,23H. The number of rotatable bonds is 2. The van der Waals surface area contributed by atoms with Gasteiger partial charge in [-0.25, -0.2) is 0 Å². The summed E-state index contributed by atoms with van der Waals surface area (Å²) in [5, 5.41) is 0. The molecule has 3 aromatic carbocycles. The van der Waals surface area contributed by atoms with Crippen LogP contribution in [-0.2, 0) is 10.3 Å². The Hall–Kier alpha value is -2.42. The molecule has 1 fully saturated rings. The van der Waals surface area contributed by atoms with E-state index in [0.29, 0.717) is 0 Å². The number of halogens is 1.